The van der Waals surface area contributed by atoms with Crippen molar-refractivity contribution in [3.8, 4) is 0 Å². The largest absolute Gasteiger partial charge is 0.310 e. The number of hydrogen-bond donors (Lipinski definition) is 1. The van der Waals surface area contributed by atoms with Crippen molar-refractivity contribution in [2.75, 3.05) is 16.2 Å². The van der Waals surface area contributed by atoms with Crippen molar-refractivity contribution >= 4 is 27.3 Å². The minimum absolute atomic E-state index is 0.0434. The van der Waals surface area contributed by atoms with Gasteiger partial charge in [-0.05, 0) is 30.7 Å². The smallest absolute Gasteiger partial charge is 0.265 e. The number of rotatable bonds is 4. The number of benzene rings is 2. The van der Waals surface area contributed by atoms with Crippen LogP contribution in [0, 0.1) is 17.5 Å². The van der Waals surface area contributed by atoms with Crippen LogP contribution in [-0.4, -0.2) is 20.9 Å². The quantitative estimate of drug-likeness (QED) is 0.842. The van der Waals surface area contributed by atoms with Crippen LogP contribution in [0.15, 0.2) is 41.3 Å². The zero-order chi connectivity index (χ0) is 18.2. The zero-order valence-corrected chi connectivity index (χ0v) is 13.6. The molecule has 25 heavy (non-hydrogen) atoms. The van der Waals surface area contributed by atoms with Gasteiger partial charge in [0.15, 0.2) is 17.5 Å². The van der Waals surface area contributed by atoms with Gasteiger partial charge < -0.3 is 4.90 Å². The molecule has 0 aromatic heterocycles. The van der Waals surface area contributed by atoms with E-state index < -0.39 is 32.4 Å². The first-order chi connectivity index (χ1) is 11.8. The van der Waals surface area contributed by atoms with Gasteiger partial charge in [-0.3, -0.25) is 9.52 Å². The van der Waals surface area contributed by atoms with E-state index >= 15 is 0 Å². The Hall–Kier alpha value is -2.55. The van der Waals surface area contributed by atoms with Gasteiger partial charge in [0.05, 0.1) is 11.4 Å². The van der Waals surface area contributed by atoms with Crippen LogP contribution in [0.4, 0.5) is 24.5 Å². The molecular formula is C16H13F3N2O3S. The highest BCUT2D eigenvalue weighted by Crippen LogP contribution is 2.31. The Bertz CT molecular complexity index is 948. The Balaban J connectivity index is 2.00. The van der Waals surface area contributed by atoms with E-state index in [0.29, 0.717) is 37.2 Å². The lowest BCUT2D eigenvalue weighted by atomic mass is 10.2. The van der Waals surface area contributed by atoms with Gasteiger partial charge in [0, 0.05) is 13.0 Å². The van der Waals surface area contributed by atoms with Crippen LogP contribution in [0.25, 0.3) is 0 Å². The fourth-order valence-corrected chi connectivity index (χ4v) is 3.76. The standard InChI is InChI=1S/C16H13F3N2O3S/c17-10-7-8-13(16(19)15(10)18)25(23,24)20-11-4-1-2-5-12(11)21-9-3-6-14(21)22/h1-2,4-5,7-8,20H,3,6,9H2. The highest BCUT2D eigenvalue weighted by Gasteiger charge is 2.28. The van der Waals surface area contributed by atoms with E-state index in [1.165, 1.54) is 17.0 Å². The second-order valence-electron chi connectivity index (χ2n) is 5.45. The maximum Gasteiger partial charge on any atom is 0.265 e. The number of nitrogens with zero attached hydrogens (tertiary/aromatic N) is 1. The predicted molar refractivity (Wildman–Crippen MR) is 85.2 cm³/mol. The van der Waals surface area contributed by atoms with E-state index in [0.717, 1.165) is 0 Å². The summed E-state index contributed by atoms with van der Waals surface area (Å²) >= 11 is 0. The average molecular weight is 370 g/mol. The van der Waals surface area contributed by atoms with Crippen molar-refractivity contribution in [2.45, 2.75) is 17.7 Å². The summed E-state index contributed by atoms with van der Waals surface area (Å²) in [5.74, 6) is -5.32. The molecule has 0 unspecified atom stereocenters. The lowest BCUT2D eigenvalue weighted by Gasteiger charge is -2.20. The van der Waals surface area contributed by atoms with Crippen molar-refractivity contribution in [3.63, 3.8) is 0 Å². The van der Waals surface area contributed by atoms with E-state index in [1.807, 2.05) is 0 Å². The topological polar surface area (TPSA) is 66.5 Å². The summed E-state index contributed by atoms with van der Waals surface area (Å²) in [6.45, 7) is 0.428. The van der Waals surface area contributed by atoms with Crippen LogP contribution in [0.1, 0.15) is 12.8 Å². The van der Waals surface area contributed by atoms with Gasteiger partial charge in [0.25, 0.3) is 10.0 Å². The summed E-state index contributed by atoms with van der Waals surface area (Å²) in [5, 5.41) is 0. The number of amides is 1. The lowest BCUT2D eigenvalue weighted by Crippen LogP contribution is -2.26. The number of halogens is 3. The van der Waals surface area contributed by atoms with Crippen molar-refractivity contribution in [2.24, 2.45) is 0 Å². The van der Waals surface area contributed by atoms with Crippen molar-refractivity contribution in [3.05, 3.63) is 53.8 Å². The SMILES string of the molecule is O=C1CCCN1c1ccccc1NS(=O)(=O)c1ccc(F)c(F)c1F. The zero-order valence-electron chi connectivity index (χ0n) is 12.8. The Labute approximate surface area is 142 Å². The molecule has 1 amide bonds. The monoisotopic (exact) mass is 370 g/mol. The van der Waals surface area contributed by atoms with E-state index in [-0.39, 0.29) is 11.6 Å². The summed E-state index contributed by atoms with van der Waals surface area (Å²) in [4.78, 5) is 12.3. The van der Waals surface area contributed by atoms with Gasteiger partial charge in [-0.25, -0.2) is 21.6 Å². The first kappa shape index (κ1) is 17.3. The molecule has 132 valence electrons. The molecule has 0 bridgehead atoms. The number of hydrogen-bond acceptors (Lipinski definition) is 3. The van der Waals surface area contributed by atoms with Crippen molar-refractivity contribution in [1.82, 2.24) is 0 Å². The minimum Gasteiger partial charge on any atom is -0.310 e. The van der Waals surface area contributed by atoms with Crippen molar-refractivity contribution in [1.29, 1.82) is 0 Å². The highest BCUT2D eigenvalue weighted by molar-refractivity contribution is 7.92. The molecule has 1 aliphatic heterocycles. The molecule has 3 rings (SSSR count). The number of nitrogens with one attached hydrogen (secondary N) is 1. The second kappa shape index (κ2) is 6.40. The molecule has 0 saturated carbocycles. The van der Waals surface area contributed by atoms with Gasteiger partial charge >= 0.3 is 0 Å². The molecule has 1 fully saturated rings. The van der Waals surface area contributed by atoms with E-state index in [9.17, 15) is 26.4 Å². The fraction of sp³-hybridized carbons (Fsp3) is 0.188. The van der Waals surface area contributed by atoms with E-state index in [4.69, 9.17) is 0 Å². The lowest BCUT2D eigenvalue weighted by molar-refractivity contribution is -0.117. The second-order valence-corrected chi connectivity index (χ2v) is 7.10. The molecule has 1 heterocycles. The van der Waals surface area contributed by atoms with E-state index in [2.05, 4.69) is 4.72 Å². The molecule has 2 aromatic carbocycles. The third-order valence-corrected chi connectivity index (χ3v) is 5.18. The van der Waals surface area contributed by atoms with Crippen LogP contribution in [0.5, 0.6) is 0 Å². The Morgan fingerprint density at radius 2 is 1.72 bits per heavy atom. The van der Waals surface area contributed by atoms with Crippen LogP contribution in [-0.2, 0) is 14.8 Å². The normalized spacial score (nSPS) is 14.8. The molecule has 1 N–H and O–H groups in total. The minimum atomic E-state index is -4.52. The number of carbonyl (C=O) groups excluding carboxylic acids is 1. The first-order valence-electron chi connectivity index (χ1n) is 7.37. The summed E-state index contributed by atoms with van der Waals surface area (Å²) < 4.78 is 67.1. The Morgan fingerprint density at radius 1 is 1.00 bits per heavy atom. The number of anilines is 2. The maximum absolute atomic E-state index is 13.8. The fourth-order valence-electron chi connectivity index (χ4n) is 2.61. The highest BCUT2D eigenvalue weighted by atomic mass is 32.2. The van der Waals surface area contributed by atoms with Gasteiger partial charge in [0.1, 0.15) is 4.90 Å². The molecular weight excluding hydrogens is 357 g/mol. The van der Waals surface area contributed by atoms with Crippen LogP contribution < -0.4 is 9.62 Å². The molecule has 1 aliphatic rings. The van der Waals surface area contributed by atoms with Crippen LogP contribution in [0.3, 0.4) is 0 Å². The molecule has 0 aliphatic carbocycles. The summed E-state index contributed by atoms with van der Waals surface area (Å²) in [7, 11) is -4.52. The third-order valence-electron chi connectivity index (χ3n) is 3.80. The van der Waals surface area contributed by atoms with Crippen LogP contribution >= 0.6 is 0 Å². The molecule has 0 spiro atoms. The third kappa shape index (κ3) is 3.19. The van der Waals surface area contributed by atoms with Gasteiger partial charge in [0.2, 0.25) is 5.91 Å². The average Bonchev–Trinajstić information content (AvgIpc) is 2.98. The molecule has 9 heteroatoms. The van der Waals surface area contributed by atoms with Gasteiger partial charge in [-0.1, -0.05) is 12.1 Å². The van der Waals surface area contributed by atoms with Gasteiger partial charge in [-0.15, -0.1) is 0 Å². The number of sulfonamides is 1. The first-order valence-corrected chi connectivity index (χ1v) is 8.85. The van der Waals surface area contributed by atoms with Gasteiger partial charge in [-0.2, -0.15) is 0 Å². The molecule has 0 radical (unpaired) electrons. The maximum atomic E-state index is 13.8. The number of carbonyl (C=O) groups is 1. The molecule has 2 aromatic rings. The van der Waals surface area contributed by atoms with Crippen LogP contribution in [0.2, 0.25) is 0 Å². The summed E-state index contributed by atoms with van der Waals surface area (Å²) in [5.41, 5.74) is 0.360. The summed E-state index contributed by atoms with van der Waals surface area (Å²) in [6, 6.07) is 7.27. The van der Waals surface area contributed by atoms with E-state index in [1.54, 1.807) is 12.1 Å². The molecule has 5 nitrogen and oxygen atoms in total. The number of para-hydroxylation sites is 2. The predicted octanol–water partition coefficient (Wildman–Crippen LogP) is 3.03. The Morgan fingerprint density at radius 3 is 2.40 bits per heavy atom. The summed E-state index contributed by atoms with van der Waals surface area (Å²) in [6.07, 6.45) is 0.983. The van der Waals surface area contributed by atoms with Crippen molar-refractivity contribution < 1.29 is 26.4 Å². The molecule has 1 saturated heterocycles. The molecule has 0 atom stereocenters. The Kier molecular flexibility index (Phi) is 4.42.